The molecule has 3 nitrogen and oxygen atoms in total. The van der Waals surface area contributed by atoms with Crippen LogP contribution in [0.1, 0.15) is 5.56 Å². The number of pyridine rings is 1. The van der Waals surface area contributed by atoms with Gasteiger partial charge in [-0.1, -0.05) is 29.8 Å². The number of para-hydroxylation sites is 1. The van der Waals surface area contributed by atoms with E-state index in [9.17, 15) is 4.39 Å². The van der Waals surface area contributed by atoms with Crippen LogP contribution in [0.5, 0.6) is 0 Å². The van der Waals surface area contributed by atoms with Gasteiger partial charge in [-0.3, -0.25) is 0 Å². The largest absolute Gasteiger partial charge is 0.360 e. The van der Waals surface area contributed by atoms with E-state index in [0.29, 0.717) is 27.2 Å². The first-order valence-corrected chi connectivity index (χ1v) is 7.77. The molecule has 0 unspecified atom stereocenters. The number of aromatic nitrogens is 2. The van der Waals surface area contributed by atoms with E-state index in [1.807, 2.05) is 24.3 Å². The Hall–Kier alpha value is -2.90. The predicted octanol–water partition coefficient (Wildman–Crippen LogP) is 5.24. The van der Waals surface area contributed by atoms with Crippen LogP contribution in [-0.2, 0) is 6.42 Å². The van der Waals surface area contributed by atoms with Gasteiger partial charge in [0.05, 0.1) is 34.2 Å². The minimum atomic E-state index is -0.368. The zero-order valence-electron chi connectivity index (χ0n) is 12.5. The van der Waals surface area contributed by atoms with E-state index in [1.165, 1.54) is 12.1 Å². The molecule has 0 aliphatic carbocycles. The second kappa shape index (κ2) is 5.63. The Morgan fingerprint density at radius 2 is 2.08 bits per heavy atom. The number of nitriles is 1. The van der Waals surface area contributed by atoms with Crippen molar-refractivity contribution in [3.05, 3.63) is 65.1 Å². The van der Waals surface area contributed by atoms with E-state index in [-0.39, 0.29) is 12.2 Å². The topological polar surface area (TPSA) is 52.5 Å². The van der Waals surface area contributed by atoms with E-state index < -0.39 is 0 Å². The number of hydrogen-bond donors (Lipinski definition) is 1. The summed E-state index contributed by atoms with van der Waals surface area (Å²) >= 11 is 6.23. The van der Waals surface area contributed by atoms with Gasteiger partial charge in [-0.25, -0.2) is 9.37 Å². The summed E-state index contributed by atoms with van der Waals surface area (Å²) in [5, 5.41) is 11.2. The van der Waals surface area contributed by atoms with Gasteiger partial charge in [0.25, 0.3) is 0 Å². The number of halogens is 2. The highest BCUT2D eigenvalue weighted by molar-refractivity contribution is 6.35. The second-order valence-corrected chi connectivity index (χ2v) is 5.94. The van der Waals surface area contributed by atoms with Crippen LogP contribution in [0.15, 0.2) is 48.7 Å². The van der Waals surface area contributed by atoms with E-state index in [2.05, 4.69) is 16.0 Å². The minimum Gasteiger partial charge on any atom is -0.360 e. The molecule has 2 aromatic heterocycles. The monoisotopic (exact) mass is 335 g/mol. The predicted molar refractivity (Wildman–Crippen MR) is 93.3 cm³/mol. The number of fused-ring (bicyclic) bond motifs is 2. The Morgan fingerprint density at radius 3 is 2.92 bits per heavy atom. The molecule has 0 atom stereocenters. The smallest absolute Gasteiger partial charge is 0.124 e. The maximum atomic E-state index is 13.9. The molecule has 0 saturated carbocycles. The maximum Gasteiger partial charge on any atom is 0.124 e. The molecule has 2 aromatic carbocycles. The summed E-state index contributed by atoms with van der Waals surface area (Å²) < 4.78 is 13.9. The summed E-state index contributed by atoms with van der Waals surface area (Å²) in [7, 11) is 0. The zero-order chi connectivity index (χ0) is 16.7. The molecule has 0 amide bonds. The third kappa shape index (κ3) is 2.31. The van der Waals surface area contributed by atoms with Gasteiger partial charge < -0.3 is 4.98 Å². The summed E-state index contributed by atoms with van der Waals surface area (Å²) in [5.74, 6) is -0.368. The molecule has 2 heterocycles. The van der Waals surface area contributed by atoms with Crippen LogP contribution in [0.4, 0.5) is 4.39 Å². The van der Waals surface area contributed by atoms with Gasteiger partial charge in [-0.15, -0.1) is 0 Å². The molecular formula is C19H11ClFN3. The number of hydrogen-bond acceptors (Lipinski definition) is 2. The summed E-state index contributed by atoms with van der Waals surface area (Å²) in [5.41, 5.74) is 3.59. The van der Waals surface area contributed by atoms with Gasteiger partial charge >= 0.3 is 0 Å². The van der Waals surface area contributed by atoms with E-state index in [0.717, 1.165) is 16.5 Å². The first-order chi connectivity index (χ1) is 11.7. The van der Waals surface area contributed by atoms with Crippen molar-refractivity contribution >= 4 is 33.4 Å². The fourth-order valence-corrected chi connectivity index (χ4v) is 3.19. The fourth-order valence-electron chi connectivity index (χ4n) is 2.97. The minimum absolute atomic E-state index is 0.144. The van der Waals surface area contributed by atoms with Gasteiger partial charge in [0, 0.05) is 22.5 Å². The normalized spacial score (nSPS) is 11.0. The van der Waals surface area contributed by atoms with Crippen LogP contribution in [0.25, 0.3) is 33.1 Å². The number of benzene rings is 2. The van der Waals surface area contributed by atoms with Crippen LogP contribution in [0.3, 0.4) is 0 Å². The highest BCUT2D eigenvalue weighted by Crippen LogP contribution is 2.32. The Morgan fingerprint density at radius 1 is 1.21 bits per heavy atom. The lowest BCUT2D eigenvalue weighted by atomic mass is 10.0. The fraction of sp³-hybridized carbons (Fsp3) is 0.0526. The van der Waals surface area contributed by atoms with Gasteiger partial charge in [0.15, 0.2) is 0 Å². The number of aromatic amines is 1. The second-order valence-electron chi connectivity index (χ2n) is 5.53. The number of rotatable bonds is 2. The molecule has 0 aliphatic rings. The lowest BCUT2D eigenvalue weighted by molar-refractivity contribution is 0.628. The van der Waals surface area contributed by atoms with Crippen molar-refractivity contribution in [1.29, 1.82) is 5.26 Å². The molecule has 5 heteroatoms. The van der Waals surface area contributed by atoms with Gasteiger partial charge in [-0.2, -0.15) is 5.26 Å². The summed E-state index contributed by atoms with van der Waals surface area (Å²) in [6.45, 7) is 0. The van der Waals surface area contributed by atoms with Gasteiger partial charge in [-0.05, 0) is 29.8 Å². The molecule has 4 rings (SSSR count). The highest BCUT2D eigenvalue weighted by Gasteiger charge is 2.13. The van der Waals surface area contributed by atoms with Crippen molar-refractivity contribution < 1.29 is 4.39 Å². The Labute approximate surface area is 142 Å². The molecular weight excluding hydrogens is 325 g/mol. The molecule has 0 saturated heterocycles. The van der Waals surface area contributed by atoms with Crippen molar-refractivity contribution in [3.63, 3.8) is 0 Å². The number of nitrogens with one attached hydrogen (secondary N) is 1. The van der Waals surface area contributed by atoms with Crippen LogP contribution in [0, 0.1) is 17.1 Å². The van der Waals surface area contributed by atoms with Crippen molar-refractivity contribution in [1.82, 2.24) is 9.97 Å². The first-order valence-electron chi connectivity index (χ1n) is 7.39. The molecule has 1 N–H and O–H groups in total. The maximum absolute atomic E-state index is 13.9. The Balaban J connectivity index is 1.97. The summed E-state index contributed by atoms with van der Waals surface area (Å²) in [6.07, 6.45) is 1.93. The lowest BCUT2D eigenvalue weighted by Crippen LogP contribution is -1.88. The third-order valence-corrected chi connectivity index (χ3v) is 4.36. The Kier molecular flexibility index (Phi) is 3.44. The molecule has 4 aromatic rings. The van der Waals surface area contributed by atoms with Crippen molar-refractivity contribution in [2.24, 2.45) is 0 Å². The average molecular weight is 336 g/mol. The standard InChI is InChI=1S/C19H11ClFN3/c20-16-3-1-2-11-4-5-17(24-19(11)16)15-10-23-18-12(6-7-22)8-13(21)9-14(15)18/h1-5,8-10,23H,6H2. The third-order valence-electron chi connectivity index (χ3n) is 4.05. The van der Waals surface area contributed by atoms with Crippen LogP contribution >= 0.6 is 11.6 Å². The molecule has 0 radical (unpaired) electrons. The highest BCUT2D eigenvalue weighted by atomic mass is 35.5. The van der Waals surface area contributed by atoms with Crippen molar-refractivity contribution in [2.75, 3.05) is 0 Å². The first kappa shape index (κ1) is 14.7. The van der Waals surface area contributed by atoms with E-state index in [1.54, 1.807) is 12.3 Å². The number of nitrogens with zero attached hydrogens (tertiary/aromatic N) is 2. The number of H-pyrrole nitrogens is 1. The zero-order valence-corrected chi connectivity index (χ0v) is 13.2. The molecule has 0 aliphatic heterocycles. The van der Waals surface area contributed by atoms with Crippen molar-refractivity contribution in [2.45, 2.75) is 6.42 Å². The summed E-state index contributed by atoms with van der Waals surface area (Å²) in [4.78, 5) is 7.77. The van der Waals surface area contributed by atoms with Crippen LogP contribution in [-0.4, -0.2) is 9.97 Å². The van der Waals surface area contributed by atoms with E-state index >= 15 is 0 Å². The lowest BCUT2D eigenvalue weighted by Gasteiger charge is -2.05. The Bertz CT molecular complexity index is 1120. The molecule has 0 fully saturated rings. The van der Waals surface area contributed by atoms with Crippen LogP contribution < -0.4 is 0 Å². The van der Waals surface area contributed by atoms with Crippen LogP contribution in [0.2, 0.25) is 5.02 Å². The van der Waals surface area contributed by atoms with E-state index in [4.69, 9.17) is 16.9 Å². The summed E-state index contributed by atoms with van der Waals surface area (Å²) in [6, 6.07) is 14.3. The molecule has 116 valence electrons. The average Bonchev–Trinajstić information content (AvgIpc) is 2.99. The quantitative estimate of drug-likeness (QED) is 0.544. The SMILES string of the molecule is N#CCc1cc(F)cc2c(-c3ccc4cccc(Cl)c4n3)c[nH]c12. The van der Waals surface area contributed by atoms with Gasteiger partial charge in [0.2, 0.25) is 0 Å². The molecule has 24 heavy (non-hydrogen) atoms. The van der Waals surface area contributed by atoms with Crippen molar-refractivity contribution in [3.8, 4) is 17.3 Å². The van der Waals surface area contributed by atoms with Gasteiger partial charge in [0.1, 0.15) is 5.82 Å². The molecule has 0 bridgehead atoms. The molecule has 0 spiro atoms.